The molecule has 1 aromatic heterocycles. The SMILES string of the molecule is Brc1ccncc1NN1CCCCC1. The highest BCUT2D eigenvalue weighted by Crippen LogP contribution is 2.21. The summed E-state index contributed by atoms with van der Waals surface area (Å²) in [6.07, 6.45) is 7.55. The van der Waals surface area contributed by atoms with Gasteiger partial charge in [-0.3, -0.25) is 4.98 Å². The Labute approximate surface area is 92.6 Å². The van der Waals surface area contributed by atoms with E-state index in [1.54, 1.807) is 6.20 Å². The van der Waals surface area contributed by atoms with Crippen LogP contribution in [0.5, 0.6) is 0 Å². The maximum atomic E-state index is 4.09. The fourth-order valence-corrected chi connectivity index (χ4v) is 1.95. The second-order valence-electron chi connectivity index (χ2n) is 3.52. The number of nitrogens with zero attached hydrogens (tertiary/aromatic N) is 2. The lowest BCUT2D eigenvalue weighted by Gasteiger charge is -2.28. The highest BCUT2D eigenvalue weighted by atomic mass is 79.9. The number of hydrogen-bond acceptors (Lipinski definition) is 3. The van der Waals surface area contributed by atoms with Crippen LogP contribution in [0.2, 0.25) is 0 Å². The summed E-state index contributed by atoms with van der Waals surface area (Å²) in [5, 5.41) is 2.26. The van der Waals surface area contributed by atoms with Crippen molar-refractivity contribution in [2.45, 2.75) is 19.3 Å². The Morgan fingerprint density at radius 2 is 2.07 bits per heavy atom. The lowest BCUT2D eigenvalue weighted by molar-refractivity contribution is 0.273. The lowest BCUT2D eigenvalue weighted by Crippen LogP contribution is -2.34. The molecular weight excluding hydrogens is 242 g/mol. The fraction of sp³-hybridized carbons (Fsp3) is 0.500. The molecule has 0 spiro atoms. The van der Waals surface area contributed by atoms with Gasteiger partial charge in [0.05, 0.1) is 11.9 Å². The van der Waals surface area contributed by atoms with Crippen molar-refractivity contribution >= 4 is 21.6 Å². The number of rotatable bonds is 2. The van der Waals surface area contributed by atoms with Crippen LogP contribution in [0.3, 0.4) is 0 Å². The normalized spacial score (nSPS) is 18.1. The number of hydrogen-bond donors (Lipinski definition) is 1. The number of nitrogens with one attached hydrogen (secondary N) is 1. The van der Waals surface area contributed by atoms with E-state index in [0.29, 0.717) is 0 Å². The van der Waals surface area contributed by atoms with Gasteiger partial charge < -0.3 is 5.43 Å². The molecule has 0 amide bonds. The minimum Gasteiger partial charge on any atom is -0.316 e. The van der Waals surface area contributed by atoms with Crippen LogP contribution in [0.15, 0.2) is 22.9 Å². The number of pyridine rings is 1. The molecule has 2 heterocycles. The van der Waals surface area contributed by atoms with Crippen molar-refractivity contribution in [3.8, 4) is 0 Å². The molecule has 0 saturated carbocycles. The first-order valence-corrected chi connectivity index (χ1v) is 5.77. The quantitative estimate of drug-likeness (QED) is 0.881. The molecule has 0 bridgehead atoms. The third kappa shape index (κ3) is 2.45. The maximum absolute atomic E-state index is 4.09. The van der Waals surface area contributed by atoms with E-state index in [2.05, 4.69) is 31.3 Å². The summed E-state index contributed by atoms with van der Waals surface area (Å²) >= 11 is 3.49. The van der Waals surface area contributed by atoms with Crippen LogP contribution in [0.4, 0.5) is 5.69 Å². The van der Waals surface area contributed by atoms with Gasteiger partial charge in [-0.2, -0.15) is 0 Å². The summed E-state index contributed by atoms with van der Waals surface area (Å²) in [4.78, 5) is 4.09. The fourth-order valence-electron chi connectivity index (χ4n) is 1.64. The summed E-state index contributed by atoms with van der Waals surface area (Å²) in [5.74, 6) is 0. The Bertz CT molecular complexity index is 297. The average Bonchev–Trinajstić information content (AvgIpc) is 2.23. The van der Waals surface area contributed by atoms with Gasteiger partial charge >= 0.3 is 0 Å². The molecule has 0 unspecified atom stereocenters. The third-order valence-corrected chi connectivity index (χ3v) is 3.09. The van der Waals surface area contributed by atoms with Gasteiger partial charge in [-0.15, -0.1) is 0 Å². The Balaban J connectivity index is 1.99. The summed E-state index contributed by atoms with van der Waals surface area (Å²) in [6, 6.07) is 1.95. The molecule has 0 aromatic carbocycles. The first kappa shape index (κ1) is 9.93. The Morgan fingerprint density at radius 3 is 2.79 bits per heavy atom. The topological polar surface area (TPSA) is 28.2 Å². The van der Waals surface area contributed by atoms with Gasteiger partial charge in [-0.1, -0.05) is 6.42 Å². The van der Waals surface area contributed by atoms with Gasteiger partial charge in [0.25, 0.3) is 0 Å². The zero-order chi connectivity index (χ0) is 9.80. The Morgan fingerprint density at radius 1 is 1.29 bits per heavy atom. The molecule has 3 nitrogen and oxygen atoms in total. The van der Waals surface area contributed by atoms with Crippen molar-refractivity contribution in [1.82, 2.24) is 9.99 Å². The van der Waals surface area contributed by atoms with Crippen molar-refractivity contribution < 1.29 is 0 Å². The molecule has 0 aliphatic carbocycles. The average molecular weight is 256 g/mol. The first-order valence-electron chi connectivity index (χ1n) is 4.97. The summed E-state index contributed by atoms with van der Waals surface area (Å²) < 4.78 is 1.07. The van der Waals surface area contributed by atoms with Crippen molar-refractivity contribution in [3.63, 3.8) is 0 Å². The predicted octanol–water partition coefficient (Wildman–Crippen LogP) is 2.66. The van der Waals surface area contributed by atoms with E-state index >= 15 is 0 Å². The maximum Gasteiger partial charge on any atom is 0.0817 e. The molecule has 1 aliphatic rings. The number of aromatic nitrogens is 1. The number of piperidine rings is 1. The molecule has 1 aliphatic heterocycles. The van der Waals surface area contributed by atoms with E-state index in [9.17, 15) is 0 Å². The smallest absolute Gasteiger partial charge is 0.0817 e. The molecule has 2 rings (SSSR count). The van der Waals surface area contributed by atoms with Gasteiger partial charge in [-0.05, 0) is 34.8 Å². The van der Waals surface area contributed by atoms with Gasteiger partial charge in [0.2, 0.25) is 0 Å². The van der Waals surface area contributed by atoms with Crippen LogP contribution in [0.25, 0.3) is 0 Å². The highest BCUT2D eigenvalue weighted by Gasteiger charge is 2.10. The van der Waals surface area contributed by atoms with E-state index in [-0.39, 0.29) is 0 Å². The minimum atomic E-state index is 1.05. The number of anilines is 1. The van der Waals surface area contributed by atoms with Crippen LogP contribution in [0.1, 0.15) is 19.3 Å². The van der Waals surface area contributed by atoms with Crippen molar-refractivity contribution in [2.75, 3.05) is 18.5 Å². The largest absolute Gasteiger partial charge is 0.316 e. The van der Waals surface area contributed by atoms with E-state index in [4.69, 9.17) is 0 Å². The lowest BCUT2D eigenvalue weighted by atomic mass is 10.2. The van der Waals surface area contributed by atoms with E-state index in [0.717, 1.165) is 23.2 Å². The molecule has 1 aromatic rings. The molecule has 1 saturated heterocycles. The van der Waals surface area contributed by atoms with E-state index < -0.39 is 0 Å². The van der Waals surface area contributed by atoms with Crippen molar-refractivity contribution in [1.29, 1.82) is 0 Å². The molecule has 14 heavy (non-hydrogen) atoms. The molecule has 0 atom stereocenters. The predicted molar refractivity (Wildman–Crippen MR) is 61.0 cm³/mol. The summed E-state index contributed by atoms with van der Waals surface area (Å²) in [5.41, 5.74) is 4.42. The van der Waals surface area contributed by atoms with Crippen molar-refractivity contribution in [2.24, 2.45) is 0 Å². The van der Waals surface area contributed by atoms with Crippen LogP contribution >= 0.6 is 15.9 Å². The standard InChI is InChI=1S/C10H14BrN3/c11-9-4-5-12-8-10(9)13-14-6-2-1-3-7-14/h4-5,8,13H,1-3,6-7H2. The summed E-state index contributed by atoms with van der Waals surface area (Å²) in [7, 11) is 0. The Kier molecular flexibility index (Phi) is 3.37. The second kappa shape index (κ2) is 4.75. The highest BCUT2D eigenvalue weighted by molar-refractivity contribution is 9.10. The third-order valence-electron chi connectivity index (χ3n) is 2.40. The van der Waals surface area contributed by atoms with Crippen LogP contribution < -0.4 is 5.43 Å². The minimum absolute atomic E-state index is 1.05. The van der Waals surface area contributed by atoms with E-state index in [1.165, 1.54) is 19.3 Å². The summed E-state index contributed by atoms with van der Waals surface area (Å²) in [6.45, 7) is 2.25. The van der Waals surface area contributed by atoms with Crippen LogP contribution in [0, 0.1) is 0 Å². The molecule has 1 N–H and O–H groups in total. The number of hydrazine groups is 1. The zero-order valence-electron chi connectivity index (χ0n) is 8.04. The van der Waals surface area contributed by atoms with Crippen LogP contribution in [-0.2, 0) is 0 Å². The van der Waals surface area contributed by atoms with Crippen LogP contribution in [-0.4, -0.2) is 23.1 Å². The number of halogens is 1. The van der Waals surface area contributed by atoms with Crippen molar-refractivity contribution in [3.05, 3.63) is 22.9 Å². The Hall–Kier alpha value is -0.610. The molecule has 1 fully saturated rings. The molecule has 0 radical (unpaired) electrons. The second-order valence-corrected chi connectivity index (χ2v) is 4.37. The van der Waals surface area contributed by atoms with Gasteiger partial charge in [0.15, 0.2) is 0 Å². The zero-order valence-corrected chi connectivity index (χ0v) is 9.63. The van der Waals surface area contributed by atoms with E-state index in [1.807, 2.05) is 12.3 Å². The molecule has 4 heteroatoms. The monoisotopic (exact) mass is 255 g/mol. The van der Waals surface area contributed by atoms with Gasteiger partial charge in [0.1, 0.15) is 0 Å². The molecular formula is C10H14BrN3. The van der Waals surface area contributed by atoms with Gasteiger partial charge in [0, 0.05) is 23.8 Å². The first-order chi connectivity index (χ1) is 6.86. The molecule has 76 valence electrons. The van der Waals surface area contributed by atoms with Gasteiger partial charge in [-0.25, -0.2) is 5.01 Å².